The van der Waals surface area contributed by atoms with E-state index in [1.165, 1.54) is 0 Å². The number of benzene rings is 2. The molecule has 7 nitrogen and oxygen atoms in total. The maximum absolute atomic E-state index is 12.8. The summed E-state index contributed by atoms with van der Waals surface area (Å²) in [5.41, 5.74) is 4.45. The standard InChI is InChI=1S/C28H36N2O5/c1-3-5-10-19(4-2)17-29-27(33)25(15-16-26(31)32)30-28(34)35-18-24-22-13-8-6-11-20(22)21-12-7-9-14-23(21)24/h6-9,11-14,19,24-25H,3-5,10,15-18H2,1-2H3,(H,29,33)(H,30,34)(H,31,32). The summed E-state index contributed by atoms with van der Waals surface area (Å²) in [5.74, 6) is -1.14. The van der Waals surface area contributed by atoms with E-state index in [1.807, 2.05) is 36.4 Å². The van der Waals surface area contributed by atoms with Gasteiger partial charge in [-0.15, -0.1) is 0 Å². The van der Waals surface area contributed by atoms with Gasteiger partial charge in [-0.2, -0.15) is 0 Å². The molecule has 35 heavy (non-hydrogen) atoms. The van der Waals surface area contributed by atoms with Crippen molar-refractivity contribution in [2.75, 3.05) is 13.2 Å². The number of aliphatic carboxylic acids is 1. The van der Waals surface area contributed by atoms with Gasteiger partial charge in [-0.3, -0.25) is 9.59 Å². The molecule has 2 atom stereocenters. The zero-order chi connectivity index (χ0) is 25.2. The Hall–Kier alpha value is -3.35. The number of hydrogen-bond donors (Lipinski definition) is 3. The molecule has 0 bridgehead atoms. The topological polar surface area (TPSA) is 105 Å². The van der Waals surface area contributed by atoms with E-state index in [-0.39, 0.29) is 31.3 Å². The van der Waals surface area contributed by atoms with Crippen molar-refractivity contribution in [1.82, 2.24) is 10.6 Å². The van der Waals surface area contributed by atoms with Crippen LogP contribution in [0.3, 0.4) is 0 Å². The van der Waals surface area contributed by atoms with Gasteiger partial charge in [0.25, 0.3) is 0 Å². The highest BCUT2D eigenvalue weighted by atomic mass is 16.5. The van der Waals surface area contributed by atoms with E-state index in [0.29, 0.717) is 12.5 Å². The van der Waals surface area contributed by atoms with Crippen LogP contribution in [0.15, 0.2) is 48.5 Å². The van der Waals surface area contributed by atoms with Crippen LogP contribution in [0, 0.1) is 5.92 Å². The maximum atomic E-state index is 12.8. The first-order valence-corrected chi connectivity index (χ1v) is 12.6. The normalized spacial score (nSPS) is 13.9. The molecule has 188 valence electrons. The van der Waals surface area contributed by atoms with E-state index >= 15 is 0 Å². The van der Waals surface area contributed by atoms with Crippen LogP contribution in [0.4, 0.5) is 4.79 Å². The van der Waals surface area contributed by atoms with E-state index in [4.69, 9.17) is 9.84 Å². The molecule has 0 saturated heterocycles. The molecule has 7 heteroatoms. The maximum Gasteiger partial charge on any atom is 0.407 e. The summed E-state index contributed by atoms with van der Waals surface area (Å²) < 4.78 is 5.55. The predicted octanol–water partition coefficient (Wildman–Crippen LogP) is 5.09. The second-order valence-corrected chi connectivity index (χ2v) is 9.12. The van der Waals surface area contributed by atoms with Crippen molar-refractivity contribution < 1.29 is 24.2 Å². The number of carbonyl (C=O) groups is 3. The van der Waals surface area contributed by atoms with Gasteiger partial charge in [0.05, 0.1) is 0 Å². The van der Waals surface area contributed by atoms with E-state index in [1.54, 1.807) is 0 Å². The highest BCUT2D eigenvalue weighted by Crippen LogP contribution is 2.44. The van der Waals surface area contributed by atoms with Crippen LogP contribution < -0.4 is 10.6 Å². The molecule has 0 saturated carbocycles. The number of amides is 2. The Labute approximate surface area is 207 Å². The Morgan fingerprint density at radius 3 is 2.17 bits per heavy atom. The number of rotatable bonds is 13. The van der Waals surface area contributed by atoms with Crippen molar-refractivity contribution in [1.29, 1.82) is 0 Å². The minimum Gasteiger partial charge on any atom is -0.481 e. The van der Waals surface area contributed by atoms with Crippen LogP contribution in [-0.4, -0.2) is 42.3 Å². The molecule has 3 N–H and O–H groups in total. The number of ether oxygens (including phenoxy) is 1. The predicted molar refractivity (Wildman–Crippen MR) is 135 cm³/mol. The van der Waals surface area contributed by atoms with Gasteiger partial charge in [0.1, 0.15) is 12.6 Å². The molecule has 3 rings (SSSR count). The van der Waals surface area contributed by atoms with E-state index in [0.717, 1.165) is 47.9 Å². The molecule has 2 aromatic rings. The fourth-order valence-corrected chi connectivity index (χ4v) is 4.63. The minimum atomic E-state index is -1.02. The fraction of sp³-hybridized carbons (Fsp3) is 0.464. The zero-order valence-corrected chi connectivity index (χ0v) is 20.6. The van der Waals surface area contributed by atoms with Gasteiger partial charge >= 0.3 is 12.1 Å². The fourth-order valence-electron chi connectivity index (χ4n) is 4.63. The minimum absolute atomic E-state index is 0.00286. The first-order chi connectivity index (χ1) is 16.9. The Balaban J connectivity index is 1.60. The van der Waals surface area contributed by atoms with Crippen LogP contribution >= 0.6 is 0 Å². The molecule has 0 spiro atoms. The SMILES string of the molecule is CCCCC(CC)CNC(=O)C(CCC(=O)O)NC(=O)OCC1c2ccccc2-c2ccccc21. The lowest BCUT2D eigenvalue weighted by Crippen LogP contribution is -2.48. The van der Waals surface area contributed by atoms with Gasteiger partial charge in [-0.05, 0) is 41.0 Å². The lowest BCUT2D eigenvalue weighted by atomic mass is 9.98. The largest absolute Gasteiger partial charge is 0.481 e. The van der Waals surface area contributed by atoms with Crippen LogP contribution in [0.5, 0.6) is 0 Å². The van der Waals surface area contributed by atoms with Crippen molar-refractivity contribution in [3.05, 3.63) is 59.7 Å². The van der Waals surface area contributed by atoms with Crippen molar-refractivity contribution in [3.8, 4) is 11.1 Å². The summed E-state index contributed by atoms with van der Waals surface area (Å²) in [7, 11) is 0. The quantitative estimate of drug-likeness (QED) is 0.370. The van der Waals surface area contributed by atoms with E-state index in [2.05, 4.69) is 36.6 Å². The van der Waals surface area contributed by atoms with Crippen molar-refractivity contribution >= 4 is 18.0 Å². The molecule has 1 aliphatic carbocycles. The molecule has 0 radical (unpaired) electrons. The smallest absolute Gasteiger partial charge is 0.407 e. The Morgan fingerprint density at radius 1 is 0.971 bits per heavy atom. The second-order valence-electron chi connectivity index (χ2n) is 9.12. The monoisotopic (exact) mass is 480 g/mol. The third kappa shape index (κ3) is 7.07. The molecule has 2 unspecified atom stereocenters. The third-order valence-electron chi connectivity index (χ3n) is 6.71. The van der Waals surface area contributed by atoms with Crippen molar-refractivity contribution in [3.63, 3.8) is 0 Å². The molecule has 0 fully saturated rings. The van der Waals surface area contributed by atoms with E-state index < -0.39 is 18.1 Å². The lowest BCUT2D eigenvalue weighted by Gasteiger charge is -2.21. The van der Waals surface area contributed by atoms with Crippen LogP contribution in [0.25, 0.3) is 11.1 Å². The lowest BCUT2D eigenvalue weighted by molar-refractivity contribution is -0.137. The molecular weight excluding hydrogens is 444 g/mol. The van der Waals surface area contributed by atoms with E-state index in [9.17, 15) is 14.4 Å². The average molecular weight is 481 g/mol. The van der Waals surface area contributed by atoms with Gasteiger partial charge in [0.15, 0.2) is 0 Å². The number of fused-ring (bicyclic) bond motifs is 3. The van der Waals surface area contributed by atoms with Gasteiger partial charge < -0.3 is 20.5 Å². The van der Waals surface area contributed by atoms with Gasteiger partial charge in [0.2, 0.25) is 5.91 Å². The van der Waals surface area contributed by atoms with Gasteiger partial charge in [0, 0.05) is 18.9 Å². The molecule has 0 aliphatic heterocycles. The number of hydrogen-bond acceptors (Lipinski definition) is 4. The summed E-state index contributed by atoms with van der Waals surface area (Å²) in [4.78, 5) is 36.6. The number of carboxylic acid groups (broad SMARTS) is 1. The summed E-state index contributed by atoms with van der Waals surface area (Å²) in [6.07, 6.45) is 3.19. The highest BCUT2D eigenvalue weighted by molar-refractivity contribution is 5.86. The van der Waals surface area contributed by atoms with Crippen LogP contribution in [-0.2, 0) is 14.3 Å². The summed E-state index contributed by atoms with van der Waals surface area (Å²) in [6.45, 7) is 4.85. The molecule has 0 aromatic heterocycles. The molecule has 2 aromatic carbocycles. The molecule has 1 aliphatic rings. The summed E-state index contributed by atoms with van der Waals surface area (Å²) in [6, 6.07) is 15.1. The Kier molecular flexibility index (Phi) is 9.70. The van der Waals surface area contributed by atoms with Crippen molar-refractivity contribution in [2.24, 2.45) is 5.92 Å². The molecule has 0 heterocycles. The van der Waals surface area contributed by atoms with Gasteiger partial charge in [-0.1, -0.05) is 81.6 Å². The second kappa shape index (κ2) is 12.9. The number of unbranched alkanes of at least 4 members (excludes halogenated alkanes) is 1. The highest BCUT2D eigenvalue weighted by Gasteiger charge is 2.30. The first kappa shape index (κ1) is 26.3. The number of carboxylic acids is 1. The van der Waals surface area contributed by atoms with Crippen molar-refractivity contribution in [2.45, 2.75) is 64.3 Å². The average Bonchev–Trinajstić information content (AvgIpc) is 3.18. The summed E-state index contributed by atoms with van der Waals surface area (Å²) in [5, 5.41) is 14.6. The summed E-state index contributed by atoms with van der Waals surface area (Å²) >= 11 is 0. The number of carbonyl (C=O) groups excluding carboxylic acids is 2. The van der Waals surface area contributed by atoms with Gasteiger partial charge in [-0.25, -0.2) is 4.79 Å². The molecule has 2 amide bonds. The number of nitrogens with one attached hydrogen (secondary N) is 2. The number of alkyl carbamates (subject to hydrolysis) is 1. The zero-order valence-electron chi connectivity index (χ0n) is 20.6. The Morgan fingerprint density at radius 2 is 1.60 bits per heavy atom. The van der Waals surface area contributed by atoms with Crippen LogP contribution in [0.1, 0.15) is 69.4 Å². The Bertz CT molecular complexity index is 976. The first-order valence-electron chi connectivity index (χ1n) is 12.6. The van der Waals surface area contributed by atoms with Crippen LogP contribution in [0.2, 0.25) is 0 Å². The molecular formula is C28H36N2O5. The third-order valence-corrected chi connectivity index (χ3v) is 6.71.